The molecule has 0 bridgehead atoms. The highest BCUT2D eigenvalue weighted by molar-refractivity contribution is 7.87. The van der Waals surface area contributed by atoms with E-state index in [-0.39, 0.29) is 28.6 Å². The number of rotatable bonds is 7. The normalized spacial score (nSPS) is 11.6. The van der Waals surface area contributed by atoms with E-state index in [0.717, 1.165) is 5.39 Å². The number of benzene rings is 3. The number of ether oxygens (including phenoxy) is 2. The molecule has 0 N–H and O–H groups in total. The van der Waals surface area contributed by atoms with Crippen molar-refractivity contribution in [2.75, 3.05) is 13.7 Å². The van der Waals surface area contributed by atoms with Crippen molar-refractivity contribution >= 4 is 32.9 Å². The molecule has 0 radical (unpaired) electrons. The molecule has 0 aliphatic rings. The monoisotopic (exact) mass is 437 g/mol. The molecule has 3 aromatic rings. The van der Waals surface area contributed by atoms with Crippen LogP contribution in [0, 0.1) is 11.3 Å². The van der Waals surface area contributed by atoms with Crippen LogP contribution in [0.15, 0.2) is 71.1 Å². The number of esters is 1. The third kappa shape index (κ3) is 4.85. The zero-order chi connectivity index (χ0) is 22.4. The van der Waals surface area contributed by atoms with Crippen LogP contribution < -0.4 is 8.92 Å². The SMILES string of the molecule is CCOC(=O)/C(C#N)=C/c1ccc(OS(=O)(=O)c2cccc3ccccc23)c(OC)c1. The van der Waals surface area contributed by atoms with Crippen molar-refractivity contribution < 1.29 is 26.9 Å². The van der Waals surface area contributed by atoms with Gasteiger partial charge in [0.2, 0.25) is 0 Å². The Morgan fingerprint density at radius 3 is 2.52 bits per heavy atom. The van der Waals surface area contributed by atoms with Crippen molar-refractivity contribution in [2.45, 2.75) is 11.8 Å². The smallest absolute Gasteiger partial charge is 0.348 e. The minimum absolute atomic E-state index is 0.0257. The first-order valence-electron chi connectivity index (χ1n) is 9.29. The highest BCUT2D eigenvalue weighted by atomic mass is 32.2. The Kier molecular flexibility index (Phi) is 6.58. The number of hydrogen-bond donors (Lipinski definition) is 0. The second-order valence-corrected chi connectivity index (χ2v) is 7.83. The van der Waals surface area contributed by atoms with Crippen LogP contribution in [0.3, 0.4) is 0 Å². The van der Waals surface area contributed by atoms with Gasteiger partial charge < -0.3 is 13.7 Å². The number of nitriles is 1. The fourth-order valence-corrected chi connectivity index (χ4v) is 4.10. The van der Waals surface area contributed by atoms with Gasteiger partial charge in [-0.2, -0.15) is 13.7 Å². The van der Waals surface area contributed by atoms with E-state index in [4.69, 9.17) is 13.7 Å². The maximum atomic E-state index is 13.0. The minimum Gasteiger partial charge on any atom is -0.493 e. The van der Waals surface area contributed by atoms with Gasteiger partial charge in [-0.1, -0.05) is 42.5 Å². The van der Waals surface area contributed by atoms with Crippen molar-refractivity contribution in [1.29, 1.82) is 5.26 Å². The zero-order valence-electron chi connectivity index (χ0n) is 16.9. The molecule has 3 rings (SSSR count). The summed E-state index contributed by atoms with van der Waals surface area (Å²) < 4.78 is 41.4. The van der Waals surface area contributed by atoms with Crippen LogP contribution in [0.5, 0.6) is 11.5 Å². The lowest BCUT2D eigenvalue weighted by Gasteiger charge is -2.13. The van der Waals surface area contributed by atoms with Crippen LogP contribution in [0.25, 0.3) is 16.8 Å². The summed E-state index contributed by atoms with van der Waals surface area (Å²) in [6.07, 6.45) is 1.32. The number of carbonyl (C=O) groups is 1. The molecule has 0 aliphatic heterocycles. The average molecular weight is 437 g/mol. The van der Waals surface area contributed by atoms with Gasteiger partial charge in [-0.25, -0.2) is 4.79 Å². The summed E-state index contributed by atoms with van der Waals surface area (Å²) in [5.41, 5.74) is 0.248. The summed E-state index contributed by atoms with van der Waals surface area (Å²) in [7, 11) is -2.80. The first-order chi connectivity index (χ1) is 14.9. The molecule has 0 spiro atoms. The Hall–Kier alpha value is -3.83. The molecule has 7 nitrogen and oxygen atoms in total. The van der Waals surface area contributed by atoms with Gasteiger partial charge in [-0.3, -0.25) is 0 Å². The molecule has 3 aromatic carbocycles. The molecular weight excluding hydrogens is 418 g/mol. The lowest BCUT2D eigenvalue weighted by molar-refractivity contribution is -0.137. The van der Waals surface area contributed by atoms with E-state index < -0.39 is 16.1 Å². The van der Waals surface area contributed by atoms with E-state index in [1.165, 1.54) is 37.5 Å². The number of fused-ring (bicyclic) bond motifs is 1. The van der Waals surface area contributed by atoms with Gasteiger partial charge in [0.15, 0.2) is 11.5 Å². The maximum Gasteiger partial charge on any atom is 0.348 e. The zero-order valence-corrected chi connectivity index (χ0v) is 17.7. The van der Waals surface area contributed by atoms with Crippen molar-refractivity contribution in [3.8, 4) is 17.6 Å². The highest BCUT2D eigenvalue weighted by Gasteiger charge is 2.22. The Labute approximate surface area is 180 Å². The first kappa shape index (κ1) is 21.9. The number of carbonyl (C=O) groups excluding carboxylic acids is 1. The van der Waals surface area contributed by atoms with Gasteiger partial charge in [0.1, 0.15) is 16.5 Å². The standard InChI is InChI=1S/C23H19NO6S/c1-3-29-23(25)18(15-24)13-16-11-12-20(21(14-16)28-2)30-31(26,27)22-10-6-8-17-7-4-5-9-19(17)22/h4-14H,3H2,1-2H3/b18-13+. The van der Waals surface area contributed by atoms with Crippen molar-refractivity contribution in [2.24, 2.45) is 0 Å². The summed E-state index contributed by atoms with van der Waals surface area (Å²) in [5.74, 6) is -0.649. The minimum atomic E-state index is -4.16. The Balaban J connectivity index is 1.97. The van der Waals surface area contributed by atoms with Crippen LogP contribution in [0.2, 0.25) is 0 Å². The predicted octanol–water partition coefficient (Wildman–Crippen LogP) is 4.09. The van der Waals surface area contributed by atoms with E-state index in [9.17, 15) is 18.5 Å². The molecule has 0 atom stereocenters. The Morgan fingerprint density at radius 2 is 1.81 bits per heavy atom. The molecule has 0 saturated carbocycles. The molecule has 0 heterocycles. The van der Waals surface area contributed by atoms with Crippen LogP contribution in [-0.2, 0) is 19.6 Å². The summed E-state index contributed by atoms with van der Waals surface area (Å²) in [6.45, 7) is 1.78. The Bertz CT molecular complexity index is 1300. The molecule has 0 aliphatic carbocycles. The van der Waals surface area contributed by atoms with E-state index in [0.29, 0.717) is 10.9 Å². The third-order valence-corrected chi connectivity index (χ3v) is 5.63. The first-order valence-corrected chi connectivity index (χ1v) is 10.7. The molecule has 0 amide bonds. The van der Waals surface area contributed by atoms with Crippen LogP contribution >= 0.6 is 0 Å². The topological polar surface area (TPSA) is 103 Å². The second-order valence-electron chi connectivity index (χ2n) is 6.32. The molecule has 0 aromatic heterocycles. The largest absolute Gasteiger partial charge is 0.493 e. The summed E-state index contributed by atoms with van der Waals surface area (Å²) in [5, 5.41) is 10.5. The molecule has 0 fully saturated rings. The van der Waals surface area contributed by atoms with Gasteiger partial charge in [0.25, 0.3) is 0 Å². The van der Waals surface area contributed by atoms with E-state index in [1.807, 2.05) is 18.2 Å². The van der Waals surface area contributed by atoms with Gasteiger partial charge in [-0.05, 0) is 42.1 Å². The number of methoxy groups -OCH3 is 1. The van der Waals surface area contributed by atoms with E-state index in [2.05, 4.69) is 0 Å². The van der Waals surface area contributed by atoms with Gasteiger partial charge in [0, 0.05) is 5.39 Å². The summed E-state index contributed by atoms with van der Waals surface area (Å²) in [4.78, 5) is 11.8. The van der Waals surface area contributed by atoms with Gasteiger partial charge >= 0.3 is 16.1 Å². The van der Waals surface area contributed by atoms with Gasteiger partial charge in [-0.15, -0.1) is 0 Å². The van der Waals surface area contributed by atoms with Crippen molar-refractivity contribution in [3.05, 3.63) is 71.8 Å². The molecule has 31 heavy (non-hydrogen) atoms. The van der Waals surface area contributed by atoms with Crippen molar-refractivity contribution in [3.63, 3.8) is 0 Å². The third-order valence-electron chi connectivity index (χ3n) is 4.33. The van der Waals surface area contributed by atoms with Crippen LogP contribution in [0.4, 0.5) is 0 Å². The fourth-order valence-electron chi connectivity index (χ4n) is 2.93. The number of hydrogen-bond acceptors (Lipinski definition) is 7. The highest BCUT2D eigenvalue weighted by Crippen LogP contribution is 2.33. The molecule has 158 valence electrons. The van der Waals surface area contributed by atoms with E-state index in [1.54, 1.807) is 31.2 Å². The lowest BCUT2D eigenvalue weighted by atomic mass is 10.1. The van der Waals surface area contributed by atoms with Crippen LogP contribution in [0.1, 0.15) is 12.5 Å². The quantitative estimate of drug-likeness (QED) is 0.237. The second kappa shape index (κ2) is 9.32. The molecule has 8 heteroatoms. The summed E-state index contributed by atoms with van der Waals surface area (Å²) >= 11 is 0. The van der Waals surface area contributed by atoms with E-state index >= 15 is 0 Å². The van der Waals surface area contributed by atoms with Crippen molar-refractivity contribution in [1.82, 2.24) is 0 Å². The average Bonchev–Trinajstić information content (AvgIpc) is 2.77. The predicted molar refractivity (Wildman–Crippen MR) is 115 cm³/mol. The summed E-state index contributed by atoms with van der Waals surface area (Å²) in [6, 6.07) is 18.2. The molecule has 0 unspecified atom stereocenters. The maximum absolute atomic E-state index is 13.0. The van der Waals surface area contributed by atoms with Crippen LogP contribution in [-0.4, -0.2) is 28.1 Å². The Morgan fingerprint density at radius 1 is 1.06 bits per heavy atom. The number of nitrogens with zero attached hydrogens (tertiary/aromatic N) is 1. The molecular formula is C23H19NO6S. The lowest BCUT2D eigenvalue weighted by Crippen LogP contribution is -2.11. The molecule has 0 saturated heterocycles. The van der Waals surface area contributed by atoms with Gasteiger partial charge in [0.05, 0.1) is 13.7 Å². The fraction of sp³-hybridized carbons (Fsp3) is 0.130.